The van der Waals surface area contributed by atoms with Crippen LogP contribution >= 0.6 is 0 Å². The Bertz CT molecular complexity index is 548. The Hall–Kier alpha value is -1.70. The molecule has 0 unspecified atom stereocenters. The van der Waals surface area contributed by atoms with Crippen molar-refractivity contribution in [3.8, 4) is 0 Å². The van der Waals surface area contributed by atoms with Gasteiger partial charge in [-0.1, -0.05) is 19.6 Å². The van der Waals surface area contributed by atoms with Crippen molar-refractivity contribution >= 4 is 5.57 Å². The molecule has 2 nitrogen and oxygen atoms in total. The topological polar surface area (TPSA) is 30.9 Å². The highest BCUT2D eigenvalue weighted by atomic mass is 15.0. The van der Waals surface area contributed by atoms with Crippen molar-refractivity contribution in [2.24, 2.45) is 11.7 Å². The summed E-state index contributed by atoms with van der Waals surface area (Å²) >= 11 is 0. The lowest BCUT2D eigenvalue weighted by Gasteiger charge is -2.27. The van der Waals surface area contributed by atoms with E-state index >= 15 is 0 Å². The summed E-state index contributed by atoms with van der Waals surface area (Å²) in [4.78, 5) is 0. The lowest BCUT2D eigenvalue weighted by atomic mass is 9.87. The largest absolute Gasteiger partial charge is 0.402 e. The second-order valence-corrected chi connectivity index (χ2v) is 6.43. The molecule has 1 aromatic heterocycles. The fraction of sp³-hybridized carbons (Fsp3) is 0.474. The van der Waals surface area contributed by atoms with Crippen LogP contribution in [0.4, 0.5) is 0 Å². The Morgan fingerprint density at radius 1 is 1.29 bits per heavy atom. The molecule has 0 atom stereocenters. The van der Waals surface area contributed by atoms with Crippen LogP contribution in [0.2, 0.25) is 0 Å². The van der Waals surface area contributed by atoms with Gasteiger partial charge in [0.15, 0.2) is 0 Å². The van der Waals surface area contributed by atoms with E-state index < -0.39 is 0 Å². The van der Waals surface area contributed by atoms with E-state index in [1.165, 1.54) is 31.2 Å². The first-order valence-corrected chi connectivity index (χ1v) is 7.96. The lowest BCUT2D eigenvalue weighted by Crippen LogP contribution is -2.15. The summed E-state index contributed by atoms with van der Waals surface area (Å²) in [6.45, 7) is 10.3. The standard InChI is InChI=1S/C19H28N2/c1-5-17(12-15(3)16(4)20)18-10-11-21(13-18)19-8-6-14(2)7-9-19/h5,10-14,19H,1,6-9,20H2,2-4H3/b16-15+,17-12+. The van der Waals surface area contributed by atoms with Crippen LogP contribution in [0.5, 0.6) is 0 Å². The molecule has 0 radical (unpaired) electrons. The molecule has 0 aromatic carbocycles. The molecule has 1 heterocycles. The molecule has 0 bridgehead atoms. The second-order valence-electron chi connectivity index (χ2n) is 6.43. The smallest absolute Gasteiger partial charge is 0.0331 e. The first-order valence-electron chi connectivity index (χ1n) is 7.96. The van der Waals surface area contributed by atoms with E-state index in [-0.39, 0.29) is 0 Å². The van der Waals surface area contributed by atoms with E-state index in [0.717, 1.165) is 22.8 Å². The number of nitrogens with zero attached hydrogens (tertiary/aromatic N) is 1. The van der Waals surface area contributed by atoms with E-state index in [9.17, 15) is 0 Å². The third-order valence-corrected chi connectivity index (χ3v) is 4.67. The van der Waals surface area contributed by atoms with Crippen LogP contribution in [-0.2, 0) is 0 Å². The molecule has 0 amide bonds. The van der Waals surface area contributed by atoms with Crippen molar-refractivity contribution < 1.29 is 0 Å². The van der Waals surface area contributed by atoms with Crippen LogP contribution < -0.4 is 5.73 Å². The van der Waals surface area contributed by atoms with E-state index in [1.54, 1.807) is 0 Å². The third-order valence-electron chi connectivity index (χ3n) is 4.67. The van der Waals surface area contributed by atoms with Gasteiger partial charge in [-0.15, -0.1) is 0 Å². The molecule has 0 spiro atoms. The molecule has 2 heteroatoms. The predicted octanol–water partition coefficient (Wildman–Crippen LogP) is 5.06. The van der Waals surface area contributed by atoms with Gasteiger partial charge in [-0.3, -0.25) is 0 Å². The fourth-order valence-corrected chi connectivity index (χ4v) is 2.96. The summed E-state index contributed by atoms with van der Waals surface area (Å²) in [7, 11) is 0. The van der Waals surface area contributed by atoms with E-state index in [2.05, 4.69) is 42.6 Å². The van der Waals surface area contributed by atoms with Crippen molar-refractivity contribution in [1.29, 1.82) is 0 Å². The Morgan fingerprint density at radius 2 is 1.95 bits per heavy atom. The van der Waals surface area contributed by atoms with E-state index in [0.29, 0.717) is 6.04 Å². The van der Waals surface area contributed by atoms with Crippen molar-refractivity contribution in [3.05, 3.63) is 54.0 Å². The number of hydrogen-bond donors (Lipinski definition) is 1. The quantitative estimate of drug-likeness (QED) is 0.770. The van der Waals surface area contributed by atoms with Crippen molar-refractivity contribution in [1.82, 2.24) is 4.57 Å². The number of aromatic nitrogens is 1. The number of hydrogen-bond acceptors (Lipinski definition) is 1. The molecule has 1 aromatic rings. The monoisotopic (exact) mass is 284 g/mol. The number of rotatable bonds is 4. The maximum atomic E-state index is 5.85. The van der Waals surface area contributed by atoms with E-state index in [1.807, 2.05) is 19.9 Å². The maximum absolute atomic E-state index is 5.85. The molecule has 1 aliphatic rings. The zero-order valence-corrected chi connectivity index (χ0v) is 13.6. The molecule has 2 N–H and O–H groups in total. The van der Waals surface area contributed by atoms with Gasteiger partial charge in [-0.25, -0.2) is 0 Å². The van der Waals surface area contributed by atoms with Gasteiger partial charge in [0.1, 0.15) is 0 Å². The molecular weight excluding hydrogens is 256 g/mol. The summed E-state index contributed by atoms with van der Waals surface area (Å²) in [5.41, 5.74) is 10.2. The van der Waals surface area contributed by atoms with Crippen LogP contribution in [0.15, 0.2) is 48.5 Å². The van der Waals surface area contributed by atoms with Gasteiger partial charge >= 0.3 is 0 Å². The summed E-state index contributed by atoms with van der Waals surface area (Å²) in [5.74, 6) is 0.889. The van der Waals surface area contributed by atoms with Gasteiger partial charge in [-0.05, 0) is 74.3 Å². The van der Waals surface area contributed by atoms with Gasteiger partial charge in [0.2, 0.25) is 0 Å². The minimum Gasteiger partial charge on any atom is -0.402 e. The van der Waals surface area contributed by atoms with Crippen molar-refractivity contribution in [3.63, 3.8) is 0 Å². The van der Waals surface area contributed by atoms with Gasteiger partial charge < -0.3 is 10.3 Å². The highest BCUT2D eigenvalue weighted by molar-refractivity contribution is 5.75. The van der Waals surface area contributed by atoms with Crippen molar-refractivity contribution in [2.75, 3.05) is 0 Å². The highest BCUT2D eigenvalue weighted by Gasteiger charge is 2.19. The van der Waals surface area contributed by atoms with Crippen LogP contribution in [0, 0.1) is 5.92 Å². The van der Waals surface area contributed by atoms with Crippen LogP contribution in [0.3, 0.4) is 0 Å². The van der Waals surface area contributed by atoms with E-state index in [4.69, 9.17) is 5.73 Å². The molecule has 1 fully saturated rings. The average Bonchev–Trinajstić information content (AvgIpc) is 2.94. The highest BCUT2D eigenvalue weighted by Crippen LogP contribution is 2.32. The first-order chi connectivity index (χ1) is 10.0. The van der Waals surface area contributed by atoms with Gasteiger partial charge in [0.05, 0.1) is 0 Å². The zero-order chi connectivity index (χ0) is 15.4. The van der Waals surface area contributed by atoms with Crippen molar-refractivity contribution in [2.45, 2.75) is 52.5 Å². The van der Waals surface area contributed by atoms with Gasteiger partial charge in [-0.2, -0.15) is 0 Å². The predicted molar refractivity (Wildman–Crippen MR) is 91.8 cm³/mol. The second kappa shape index (κ2) is 6.84. The average molecular weight is 284 g/mol. The third kappa shape index (κ3) is 3.90. The first kappa shape index (κ1) is 15.7. The molecule has 1 aliphatic carbocycles. The zero-order valence-electron chi connectivity index (χ0n) is 13.6. The fourth-order valence-electron chi connectivity index (χ4n) is 2.96. The SMILES string of the molecule is C=C/C(=C\C(C)=C(/C)N)c1ccn(C2CCC(C)CC2)c1. The Morgan fingerprint density at radius 3 is 2.52 bits per heavy atom. The Labute approximate surface area is 129 Å². The van der Waals surface area contributed by atoms with Crippen LogP contribution in [0.1, 0.15) is 58.1 Å². The maximum Gasteiger partial charge on any atom is 0.0331 e. The summed E-state index contributed by atoms with van der Waals surface area (Å²) in [6.07, 6.45) is 13.8. The Kier molecular flexibility index (Phi) is 5.11. The lowest BCUT2D eigenvalue weighted by molar-refractivity contribution is 0.290. The molecule has 2 rings (SSSR count). The van der Waals surface area contributed by atoms with Crippen LogP contribution in [0.25, 0.3) is 5.57 Å². The minimum atomic E-state index is 0.661. The summed E-state index contributed by atoms with van der Waals surface area (Å²) in [6, 6.07) is 2.85. The molecule has 21 heavy (non-hydrogen) atoms. The Balaban J connectivity index is 2.18. The molecule has 0 saturated heterocycles. The number of nitrogens with two attached hydrogens (primary N) is 1. The minimum absolute atomic E-state index is 0.661. The van der Waals surface area contributed by atoms with Crippen LogP contribution in [-0.4, -0.2) is 4.57 Å². The molecule has 1 saturated carbocycles. The summed E-state index contributed by atoms with van der Waals surface area (Å²) < 4.78 is 2.38. The van der Waals surface area contributed by atoms with Gasteiger partial charge in [0.25, 0.3) is 0 Å². The molecule has 114 valence electrons. The summed E-state index contributed by atoms with van der Waals surface area (Å²) in [5, 5.41) is 0. The molecular formula is C19H28N2. The van der Waals surface area contributed by atoms with Gasteiger partial charge in [0, 0.05) is 24.1 Å². The number of allylic oxidation sites excluding steroid dienone is 5. The molecule has 0 aliphatic heterocycles. The normalized spacial score (nSPS) is 24.6.